The number of hydrogen-bond donors (Lipinski definition) is 0. The maximum atomic E-state index is 12.5. The molecular formula is C40H66O6. The summed E-state index contributed by atoms with van der Waals surface area (Å²) in [6.07, 6.45) is 39.8. The fourth-order valence-corrected chi connectivity index (χ4v) is 4.57. The van der Waals surface area contributed by atoms with E-state index in [1.807, 2.05) is 6.08 Å². The van der Waals surface area contributed by atoms with E-state index in [1.165, 1.54) is 32.1 Å². The van der Waals surface area contributed by atoms with Gasteiger partial charge in [-0.3, -0.25) is 14.4 Å². The molecule has 0 aromatic heterocycles. The van der Waals surface area contributed by atoms with Gasteiger partial charge in [-0.15, -0.1) is 0 Å². The maximum absolute atomic E-state index is 12.5. The Kier molecular flexibility index (Phi) is 32.8. The number of esters is 3. The van der Waals surface area contributed by atoms with Crippen LogP contribution in [0.2, 0.25) is 0 Å². The van der Waals surface area contributed by atoms with Crippen molar-refractivity contribution in [1.29, 1.82) is 0 Å². The Labute approximate surface area is 281 Å². The van der Waals surface area contributed by atoms with Crippen molar-refractivity contribution in [3.05, 3.63) is 60.8 Å². The van der Waals surface area contributed by atoms with Crippen molar-refractivity contribution in [2.75, 3.05) is 13.2 Å². The summed E-state index contributed by atoms with van der Waals surface area (Å²) in [5.41, 5.74) is 0. The Balaban J connectivity index is 4.44. The lowest BCUT2D eigenvalue weighted by molar-refractivity contribution is -0.166. The molecule has 0 saturated carbocycles. The molecule has 6 heteroatoms. The van der Waals surface area contributed by atoms with Crippen molar-refractivity contribution in [3.8, 4) is 0 Å². The van der Waals surface area contributed by atoms with Gasteiger partial charge in [-0.05, 0) is 44.9 Å². The Morgan fingerprint density at radius 1 is 0.457 bits per heavy atom. The highest BCUT2D eigenvalue weighted by Crippen LogP contribution is 2.11. The molecule has 0 bridgehead atoms. The number of carbonyl (C=O) groups excluding carboxylic acids is 3. The molecule has 0 spiro atoms. The lowest BCUT2D eigenvalue weighted by Gasteiger charge is -2.18. The molecule has 0 rings (SSSR count). The summed E-state index contributed by atoms with van der Waals surface area (Å²) in [5.74, 6) is -1.07. The van der Waals surface area contributed by atoms with Crippen molar-refractivity contribution in [3.63, 3.8) is 0 Å². The second-order valence-electron chi connectivity index (χ2n) is 11.8. The molecule has 0 aliphatic heterocycles. The number of hydrogen-bond acceptors (Lipinski definition) is 6. The highest BCUT2D eigenvalue weighted by Gasteiger charge is 2.19. The lowest BCUT2D eigenvalue weighted by atomic mass is 10.1. The largest absolute Gasteiger partial charge is 0.462 e. The summed E-state index contributed by atoms with van der Waals surface area (Å²) >= 11 is 0. The van der Waals surface area contributed by atoms with Gasteiger partial charge in [0.2, 0.25) is 0 Å². The van der Waals surface area contributed by atoms with Crippen molar-refractivity contribution in [1.82, 2.24) is 0 Å². The van der Waals surface area contributed by atoms with Crippen LogP contribution in [0.25, 0.3) is 0 Å². The van der Waals surface area contributed by atoms with E-state index in [1.54, 1.807) is 6.08 Å². The Hall–Kier alpha value is -2.89. The van der Waals surface area contributed by atoms with Crippen LogP contribution in [0.1, 0.15) is 156 Å². The molecule has 0 aromatic rings. The normalized spacial score (nSPS) is 12.7. The summed E-state index contributed by atoms with van der Waals surface area (Å²) in [6.45, 7) is 6.27. The van der Waals surface area contributed by atoms with E-state index >= 15 is 0 Å². The molecule has 0 N–H and O–H groups in total. The molecule has 0 saturated heterocycles. The average Bonchev–Trinajstić information content (AvgIpc) is 3.05. The molecule has 0 amide bonds. The van der Waals surface area contributed by atoms with Crippen LogP contribution < -0.4 is 0 Å². The van der Waals surface area contributed by atoms with Gasteiger partial charge in [0.05, 0.1) is 6.42 Å². The first-order chi connectivity index (χ1) is 22.5. The third-order valence-corrected chi connectivity index (χ3v) is 7.32. The van der Waals surface area contributed by atoms with Gasteiger partial charge in [-0.25, -0.2) is 0 Å². The summed E-state index contributed by atoms with van der Waals surface area (Å²) in [7, 11) is 0. The first-order valence-corrected chi connectivity index (χ1v) is 18.3. The van der Waals surface area contributed by atoms with E-state index < -0.39 is 12.1 Å². The first kappa shape index (κ1) is 43.1. The quantitative estimate of drug-likeness (QED) is 0.0324. The molecule has 0 fully saturated rings. The number of rotatable bonds is 31. The van der Waals surface area contributed by atoms with Gasteiger partial charge in [0, 0.05) is 12.8 Å². The SMILES string of the molecule is CC/C=C\C/C=C\C/C=C\C/C=C\C/C=C\CC(=O)OCC(COC(=O)CCCCCCC)OC(=O)CCCCCCCCCC. The molecular weight excluding hydrogens is 576 g/mol. The number of allylic oxidation sites excluding steroid dienone is 9. The van der Waals surface area contributed by atoms with Crippen LogP contribution in [-0.2, 0) is 28.6 Å². The van der Waals surface area contributed by atoms with Gasteiger partial charge in [-0.1, -0.05) is 152 Å². The smallest absolute Gasteiger partial charge is 0.309 e. The van der Waals surface area contributed by atoms with Gasteiger partial charge in [0.25, 0.3) is 0 Å². The number of carbonyl (C=O) groups is 3. The monoisotopic (exact) mass is 642 g/mol. The van der Waals surface area contributed by atoms with E-state index in [4.69, 9.17) is 14.2 Å². The molecule has 0 radical (unpaired) electrons. The average molecular weight is 643 g/mol. The molecule has 0 aliphatic carbocycles. The van der Waals surface area contributed by atoms with E-state index in [0.717, 1.165) is 83.5 Å². The van der Waals surface area contributed by atoms with E-state index in [0.29, 0.717) is 12.8 Å². The molecule has 0 heterocycles. The topological polar surface area (TPSA) is 78.9 Å². The van der Waals surface area contributed by atoms with Crippen molar-refractivity contribution in [2.24, 2.45) is 0 Å². The highest BCUT2D eigenvalue weighted by molar-refractivity contribution is 5.72. The molecule has 46 heavy (non-hydrogen) atoms. The third kappa shape index (κ3) is 32.5. The van der Waals surface area contributed by atoms with Crippen LogP contribution >= 0.6 is 0 Å². The van der Waals surface area contributed by atoms with Crippen LogP contribution in [0.3, 0.4) is 0 Å². The number of unbranched alkanes of at least 4 members (excludes halogenated alkanes) is 11. The van der Waals surface area contributed by atoms with Gasteiger partial charge in [0.1, 0.15) is 13.2 Å². The fraction of sp³-hybridized carbons (Fsp3) is 0.675. The van der Waals surface area contributed by atoms with Gasteiger partial charge >= 0.3 is 17.9 Å². The second kappa shape index (κ2) is 35.0. The standard InChI is InChI=1S/C40H66O6/c1-4-7-10-13-15-17-18-19-20-21-22-23-25-27-30-33-39(42)45-36-37(35-44-38(41)32-29-26-12-9-6-3)46-40(43)34-31-28-24-16-14-11-8-5-2/h7,10,15,17,19-20,22-23,27,30,37H,4-6,8-9,11-14,16,18,21,24-26,28-29,31-36H2,1-3H3/b10-7-,17-15-,20-19-,23-22-,30-27-. The predicted molar refractivity (Wildman–Crippen MR) is 191 cm³/mol. The molecule has 1 atom stereocenters. The molecule has 1 unspecified atom stereocenters. The first-order valence-electron chi connectivity index (χ1n) is 18.3. The Morgan fingerprint density at radius 2 is 0.848 bits per heavy atom. The molecule has 262 valence electrons. The zero-order valence-electron chi connectivity index (χ0n) is 29.6. The van der Waals surface area contributed by atoms with E-state index in [2.05, 4.69) is 69.4 Å². The minimum Gasteiger partial charge on any atom is -0.462 e. The van der Waals surface area contributed by atoms with Crippen molar-refractivity contribution >= 4 is 17.9 Å². The maximum Gasteiger partial charge on any atom is 0.309 e. The van der Waals surface area contributed by atoms with Gasteiger partial charge < -0.3 is 14.2 Å². The fourth-order valence-electron chi connectivity index (χ4n) is 4.57. The zero-order valence-corrected chi connectivity index (χ0v) is 29.6. The van der Waals surface area contributed by atoms with E-state index in [-0.39, 0.29) is 31.6 Å². The van der Waals surface area contributed by atoms with Gasteiger partial charge in [-0.2, -0.15) is 0 Å². The Bertz CT molecular complexity index is 882. The summed E-state index contributed by atoms with van der Waals surface area (Å²) in [6, 6.07) is 0. The minimum absolute atomic E-state index is 0.105. The predicted octanol–water partition coefficient (Wildman–Crippen LogP) is 11.0. The second-order valence-corrected chi connectivity index (χ2v) is 11.8. The molecule has 0 aromatic carbocycles. The third-order valence-electron chi connectivity index (χ3n) is 7.32. The summed E-state index contributed by atoms with van der Waals surface area (Å²) in [5, 5.41) is 0. The number of ether oxygens (including phenoxy) is 3. The van der Waals surface area contributed by atoms with Crippen molar-refractivity contribution in [2.45, 2.75) is 162 Å². The van der Waals surface area contributed by atoms with Crippen LogP contribution in [0, 0.1) is 0 Å². The summed E-state index contributed by atoms with van der Waals surface area (Å²) < 4.78 is 16.3. The lowest BCUT2D eigenvalue weighted by Crippen LogP contribution is -2.30. The van der Waals surface area contributed by atoms with Crippen molar-refractivity contribution < 1.29 is 28.6 Å². The van der Waals surface area contributed by atoms with Gasteiger partial charge in [0.15, 0.2) is 6.10 Å². The van der Waals surface area contributed by atoms with Crippen LogP contribution in [0.15, 0.2) is 60.8 Å². The molecule has 6 nitrogen and oxygen atoms in total. The highest BCUT2D eigenvalue weighted by atomic mass is 16.6. The van der Waals surface area contributed by atoms with Crippen LogP contribution in [0.4, 0.5) is 0 Å². The van der Waals surface area contributed by atoms with E-state index in [9.17, 15) is 14.4 Å². The molecule has 0 aliphatic rings. The zero-order chi connectivity index (χ0) is 33.8. The van der Waals surface area contributed by atoms with Crippen LogP contribution in [0.5, 0.6) is 0 Å². The Morgan fingerprint density at radius 3 is 1.33 bits per heavy atom. The minimum atomic E-state index is -0.803. The summed E-state index contributed by atoms with van der Waals surface area (Å²) in [4.78, 5) is 37.0. The van der Waals surface area contributed by atoms with Crippen LogP contribution in [-0.4, -0.2) is 37.2 Å².